The van der Waals surface area contributed by atoms with Gasteiger partial charge in [-0.3, -0.25) is 4.79 Å². The fourth-order valence-electron chi connectivity index (χ4n) is 2.43. The second-order valence-electron chi connectivity index (χ2n) is 5.30. The standard InChI is InChI=1S/C13H19N3OS.ClH/c17-12(7-9-3-5-14-6-4-9)16-13-15-11(8-18-13)10-1-2-10;/h8-10,14H,1-7H2,(H,15,16,17);1H. The van der Waals surface area contributed by atoms with Crippen molar-refractivity contribution in [3.63, 3.8) is 0 Å². The summed E-state index contributed by atoms with van der Waals surface area (Å²) in [5.74, 6) is 1.32. The van der Waals surface area contributed by atoms with Crippen LogP contribution in [0.2, 0.25) is 0 Å². The third kappa shape index (κ3) is 4.16. The van der Waals surface area contributed by atoms with Gasteiger partial charge in [-0.05, 0) is 44.7 Å². The molecule has 4 nitrogen and oxygen atoms in total. The first kappa shape index (κ1) is 14.8. The first-order chi connectivity index (χ1) is 8.81. The molecule has 0 unspecified atom stereocenters. The molecule has 106 valence electrons. The lowest BCUT2D eigenvalue weighted by Crippen LogP contribution is -2.30. The molecule has 6 heteroatoms. The molecule has 1 saturated heterocycles. The third-order valence-electron chi connectivity index (χ3n) is 3.70. The molecule has 2 aliphatic rings. The fourth-order valence-corrected chi connectivity index (χ4v) is 3.24. The summed E-state index contributed by atoms with van der Waals surface area (Å²) in [6.07, 6.45) is 5.37. The van der Waals surface area contributed by atoms with Crippen molar-refractivity contribution < 1.29 is 4.79 Å². The average molecular weight is 302 g/mol. The van der Waals surface area contributed by atoms with Gasteiger partial charge < -0.3 is 10.6 Å². The van der Waals surface area contributed by atoms with E-state index in [1.165, 1.54) is 12.8 Å². The van der Waals surface area contributed by atoms with Gasteiger partial charge >= 0.3 is 0 Å². The van der Waals surface area contributed by atoms with Crippen molar-refractivity contribution in [2.75, 3.05) is 18.4 Å². The fraction of sp³-hybridized carbons (Fsp3) is 0.692. The molecule has 0 aromatic carbocycles. The third-order valence-corrected chi connectivity index (χ3v) is 4.47. The van der Waals surface area contributed by atoms with Gasteiger partial charge in [0.25, 0.3) is 0 Å². The summed E-state index contributed by atoms with van der Waals surface area (Å²) in [7, 11) is 0. The zero-order chi connectivity index (χ0) is 12.4. The number of aromatic nitrogens is 1. The monoisotopic (exact) mass is 301 g/mol. The van der Waals surface area contributed by atoms with Gasteiger partial charge in [-0.1, -0.05) is 0 Å². The minimum absolute atomic E-state index is 0. The molecule has 1 aliphatic carbocycles. The summed E-state index contributed by atoms with van der Waals surface area (Å²) in [6.45, 7) is 2.09. The van der Waals surface area contributed by atoms with Gasteiger partial charge in [-0.25, -0.2) is 4.98 Å². The van der Waals surface area contributed by atoms with Gasteiger partial charge in [-0.15, -0.1) is 23.7 Å². The first-order valence-electron chi connectivity index (χ1n) is 6.77. The zero-order valence-electron chi connectivity index (χ0n) is 10.9. The van der Waals surface area contributed by atoms with E-state index in [4.69, 9.17) is 0 Å². The van der Waals surface area contributed by atoms with Crippen molar-refractivity contribution in [2.24, 2.45) is 5.92 Å². The van der Waals surface area contributed by atoms with Gasteiger partial charge in [0.15, 0.2) is 5.13 Å². The van der Waals surface area contributed by atoms with Crippen LogP contribution in [0.5, 0.6) is 0 Å². The summed E-state index contributed by atoms with van der Waals surface area (Å²) in [5.41, 5.74) is 1.16. The molecule has 2 fully saturated rings. The zero-order valence-corrected chi connectivity index (χ0v) is 12.5. The topological polar surface area (TPSA) is 54.0 Å². The molecular weight excluding hydrogens is 282 g/mol. The minimum Gasteiger partial charge on any atom is -0.317 e. The lowest BCUT2D eigenvalue weighted by atomic mass is 9.94. The van der Waals surface area contributed by atoms with Crippen LogP contribution in [-0.2, 0) is 4.79 Å². The molecule has 2 N–H and O–H groups in total. The van der Waals surface area contributed by atoms with Gasteiger partial charge in [0, 0.05) is 17.7 Å². The summed E-state index contributed by atoms with van der Waals surface area (Å²) in [4.78, 5) is 16.4. The number of amides is 1. The number of hydrogen-bond acceptors (Lipinski definition) is 4. The smallest absolute Gasteiger partial charge is 0.226 e. The lowest BCUT2D eigenvalue weighted by Gasteiger charge is -2.21. The SMILES string of the molecule is Cl.O=C(CC1CCNCC1)Nc1nc(C2CC2)cs1. The van der Waals surface area contributed by atoms with Crippen LogP contribution in [0.25, 0.3) is 0 Å². The molecule has 1 aliphatic heterocycles. The van der Waals surface area contributed by atoms with E-state index in [0.29, 0.717) is 18.3 Å². The van der Waals surface area contributed by atoms with Gasteiger partial charge in [0.2, 0.25) is 5.91 Å². The Labute approximate surface area is 123 Å². The van der Waals surface area contributed by atoms with E-state index in [2.05, 4.69) is 21.0 Å². The number of thiazole rings is 1. The first-order valence-corrected chi connectivity index (χ1v) is 7.65. The molecule has 3 rings (SSSR count). The molecule has 19 heavy (non-hydrogen) atoms. The number of hydrogen-bond donors (Lipinski definition) is 2. The van der Waals surface area contributed by atoms with Gasteiger partial charge in [0.05, 0.1) is 5.69 Å². The summed E-state index contributed by atoms with van der Waals surface area (Å²) >= 11 is 1.55. The van der Waals surface area contributed by atoms with Crippen LogP contribution in [0, 0.1) is 5.92 Å². The van der Waals surface area contributed by atoms with Crippen molar-refractivity contribution in [2.45, 2.75) is 38.0 Å². The Morgan fingerprint density at radius 3 is 2.79 bits per heavy atom. The van der Waals surface area contributed by atoms with Crippen LogP contribution in [0.3, 0.4) is 0 Å². The Hall–Kier alpha value is -0.650. The average Bonchev–Trinajstić information content (AvgIpc) is 3.12. The van der Waals surface area contributed by atoms with Gasteiger partial charge in [-0.2, -0.15) is 0 Å². The molecule has 1 aromatic heterocycles. The summed E-state index contributed by atoms with van der Waals surface area (Å²) in [5, 5.41) is 9.11. The van der Waals surface area contributed by atoms with Crippen LogP contribution < -0.4 is 10.6 Å². The Morgan fingerprint density at radius 1 is 1.37 bits per heavy atom. The van der Waals surface area contributed by atoms with Crippen LogP contribution in [0.4, 0.5) is 5.13 Å². The van der Waals surface area contributed by atoms with E-state index in [-0.39, 0.29) is 18.3 Å². The van der Waals surface area contributed by atoms with E-state index in [9.17, 15) is 4.79 Å². The largest absolute Gasteiger partial charge is 0.317 e. The maximum atomic E-state index is 11.9. The Balaban J connectivity index is 0.00000133. The number of piperidine rings is 1. The van der Waals surface area contributed by atoms with Crippen LogP contribution >= 0.6 is 23.7 Å². The van der Waals surface area contributed by atoms with Crippen molar-refractivity contribution in [3.8, 4) is 0 Å². The molecule has 1 saturated carbocycles. The molecular formula is C13H20ClN3OS. The predicted octanol–water partition coefficient (Wildman–Crippen LogP) is 2.77. The number of nitrogens with zero attached hydrogens (tertiary/aromatic N) is 1. The van der Waals surface area contributed by atoms with E-state index < -0.39 is 0 Å². The van der Waals surface area contributed by atoms with E-state index in [1.807, 2.05) is 0 Å². The molecule has 0 spiro atoms. The Kier molecular flexibility index (Phi) is 5.19. The molecule has 2 heterocycles. The van der Waals surface area contributed by atoms with Crippen molar-refractivity contribution in [1.29, 1.82) is 0 Å². The van der Waals surface area contributed by atoms with Crippen molar-refractivity contribution in [3.05, 3.63) is 11.1 Å². The van der Waals surface area contributed by atoms with Crippen LogP contribution in [0.15, 0.2) is 5.38 Å². The highest BCUT2D eigenvalue weighted by atomic mass is 35.5. The molecule has 0 radical (unpaired) electrons. The maximum absolute atomic E-state index is 11.9. The number of nitrogens with one attached hydrogen (secondary N) is 2. The maximum Gasteiger partial charge on any atom is 0.226 e. The molecule has 1 amide bonds. The van der Waals surface area contributed by atoms with E-state index in [1.54, 1.807) is 11.3 Å². The van der Waals surface area contributed by atoms with E-state index in [0.717, 1.165) is 36.8 Å². The van der Waals surface area contributed by atoms with Crippen molar-refractivity contribution >= 4 is 34.8 Å². The Morgan fingerprint density at radius 2 is 2.11 bits per heavy atom. The predicted molar refractivity (Wildman–Crippen MR) is 80.2 cm³/mol. The number of halogens is 1. The molecule has 0 bridgehead atoms. The highest BCUT2D eigenvalue weighted by molar-refractivity contribution is 7.13. The van der Waals surface area contributed by atoms with Crippen molar-refractivity contribution in [1.82, 2.24) is 10.3 Å². The van der Waals surface area contributed by atoms with Crippen LogP contribution in [0.1, 0.15) is 43.7 Å². The number of rotatable bonds is 4. The second-order valence-corrected chi connectivity index (χ2v) is 6.16. The Bertz CT molecular complexity index is 427. The number of carbonyl (C=O) groups is 1. The molecule has 1 aromatic rings. The second kappa shape index (κ2) is 6.68. The van der Waals surface area contributed by atoms with Crippen LogP contribution in [-0.4, -0.2) is 24.0 Å². The highest BCUT2D eigenvalue weighted by Crippen LogP contribution is 2.40. The number of anilines is 1. The van der Waals surface area contributed by atoms with E-state index >= 15 is 0 Å². The quantitative estimate of drug-likeness (QED) is 0.899. The normalized spacial score (nSPS) is 19.8. The summed E-state index contributed by atoms with van der Waals surface area (Å²) in [6, 6.07) is 0. The lowest BCUT2D eigenvalue weighted by molar-refractivity contribution is -0.117. The van der Waals surface area contributed by atoms with Gasteiger partial charge in [0.1, 0.15) is 0 Å². The minimum atomic E-state index is 0. The summed E-state index contributed by atoms with van der Waals surface area (Å²) < 4.78 is 0. The molecule has 0 atom stereocenters. The highest BCUT2D eigenvalue weighted by Gasteiger charge is 2.26. The number of carbonyl (C=O) groups excluding carboxylic acids is 1.